The summed E-state index contributed by atoms with van der Waals surface area (Å²) in [6.45, 7) is 6.21. The highest BCUT2D eigenvalue weighted by Crippen LogP contribution is 2.07. The van der Waals surface area contributed by atoms with Crippen molar-refractivity contribution in [2.75, 3.05) is 6.54 Å². The Hall–Kier alpha value is -0.830. The lowest BCUT2D eigenvalue weighted by Gasteiger charge is -2.11. The minimum Gasteiger partial charge on any atom is -0.335 e. The lowest BCUT2D eigenvalue weighted by molar-refractivity contribution is 0.457. The Kier molecular flexibility index (Phi) is 3.96. The predicted molar refractivity (Wildman–Crippen MR) is 54.4 cm³/mol. The van der Waals surface area contributed by atoms with Crippen molar-refractivity contribution < 1.29 is 0 Å². The first-order chi connectivity index (χ1) is 6.27. The van der Waals surface area contributed by atoms with Gasteiger partial charge in [-0.1, -0.05) is 20.3 Å². The van der Waals surface area contributed by atoms with Crippen LogP contribution in [-0.2, 0) is 13.0 Å². The molecule has 0 bridgehead atoms. The Morgan fingerprint density at radius 2 is 2.38 bits per heavy atom. The molecule has 0 aliphatic rings. The van der Waals surface area contributed by atoms with Crippen LogP contribution in [0, 0.1) is 5.92 Å². The van der Waals surface area contributed by atoms with E-state index in [9.17, 15) is 0 Å². The summed E-state index contributed by atoms with van der Waals surface area (Å²) in [5, 5.41) is 0. The molecule has 1 aromatic rings. The fourth-order valence-electron chi connectivity index (χ4n) is 1.33. The van der Waals surface area contributed by atoms with Crippen molar-refractivity contribution in [3.05, 3.63) is 18.2 Å². The van der Waals surface area contributed by atoms with E-state index in [2.05, 4.69) is 23.4 Å². The molecule has 0 fully saturated rings. The van der Waals surface area contributed by atoms with Gasteiger partial charge in [0.2, 0.25) is 0 Å². The van der Waals surface area contributed by atoms with Gasteiger partial charge in [0.1, 0.15) is 5.82 Å². The van der Waals surface area contributed by atoms with E-state index < -0.39 is 0 Å². The largest absolute Gasteiger partial charge is 0.335 e. The molecule has 1 unspecified atom stereocenters. The molecule has 1 aromatic heterocycles. The number of hydrogen-bond acceptors (Lipinski definition) is 2. The Morgan fingerprint density at radius 3 is 3.00 bits per heavy atom. The zero-order valence-electron chi connectivity index (χ0n) is 8.53. The van der Waals surface area contributed by atoms with E-state index in [1.54, 1.807) is 0 Å². The molecule has 0 spiro atoms. The molecule has 0 amide bonds. The third kappa shape index (κ3) is 2.84. The molecule has 0 aliphatic carbocycles. The van der Waals surface area contributed by atoms with Gasteiger partial charge in [0.25, 0.3) is 0 Å². The van der Waals surface area contributed by atoms with Gasteiger partial charge in [-0.25, -0.2) is 4.98 Å². The minimum atomic E-state index is 0.678. The first kappa shape index (κ1) is 10.3. The Labute approximate surface area is 80.0 Å². The van der Waals surface area contributed by atoms with E-state index in [-0.39, 0.29) is 0 Å². The van der Waals surface area contributed by atoms with Crippen molar-refractivity contribution in [1.29, 1.82) is 0 Å². The van der Waals surface area contributed by atoms with Crippen molar-refractivity contribution in [1.82, 2.24) is 9.55 Å². The summed E-state index contributed by atoms with van der Waals surface area (Å²) in [5.41, 5.74) is 5.50. The molecule has 3 nitrogen and oxygen atoms in total. The summed E-state index contributed by atoms with van der Waals surface area (Å²) in [4.78, 5) is 4.28. The van der Waals surface area contributed by atoms with Gasteiger partial charge in [0.05, 0.1) is 0 Å². The molecule has 1 heterocycles. The van der Waals surface area contributed by atoms with Gasteiger partial charge in [-0.2, -0.15) is 0 Å². The first-order valence-corrected chi connectivity index (χ1v) is 4.98. The molecule has 0 saturated heterocycles. The minimum absolute atomic E-state index is 0.678. The van der Waals surface area contributed by atoms with Crippen LogP contribution in [0.5, 0.6) is 0 Å². The van der Waals surface area contributed by atoms with Gasteiger partial charge >= 0.3 is 0 Å². The molecular formula is C10H19N3. The zero-order valence-corrected chi connectivity index (χ0v) is 8.53. The second kappa shape index (κ2) is 5.02. The molecule has 2 N–H and O–H groups in total. The van der Waals surface area contributed by atoms with Crippen molar-refractivity contribution in [2.45, 2.75) is 33.2 Å². The number of hydrogen-bond donors (Lipinski definition) is 1. The molecule has 1 atom stereocenters. The van der Waals surface area contributed by atoms with Crippen LogP contribution >= 0.6 is 0 Å². The highest BCUT2D eigenvalue weighted by Gasteiger charge is 2.04. The fraction of sp³-hybridized carbons (Fsp3) is 0.700. The zero-order chi connectivity index (χ0) is 9.68. The Morgan fingerprint density at radius 1 is 1.62 bits per heavy atom. The van der Waals surface area contributed by atoms with Crippen molar-refractivity contribution in [3.8, 4) is 0 Å². The first-order valence-electron chi connectivity index (χ1n) is 4.98. The van der Waals surface area contributed by atoms with Crippen molar-refractivity contribution in [2.24, 2.45) is 11.7 Å². The van der Waals surface area contributed by atoms with E-state index in [0.717, 1.165) is 18.8 Å². The molecule has 0 radical (unpaired) electrons. The number of aromatic nitrogens is 2. The van der Waals surface area contributed by atoms with Crippen LogP contribution in [0.4, 0.5) is 0 Å². The van der Waals surface area contributed by atoms with E-state index in [1.165, 1.54) is 6.42 Å². The third-order valence-electron chi connectivity index (χ3n) is 2.37. The van der Waals surface area contributed by atoms with Gasteiger partial charge in [-0.15, -0.1) is 0 Å². The number of rotatable bonds is 5. The average Bonchev–Trinajstić information content (AvgIpc) is 2.54. The quantitative estimate of drug-likeness (QED) is 0.746. The van der Waals surface area contributed by atoms with Gasteiger partial charge in [0, 0.05) is 25.4 Å². The summed E-state index contributed by atoms with van der Waals surface area (Å²) in [6, 6.07) is 0. The summed E-state index contributed by atoms with van der Waals surface area (Å²) >= 11 is 0. The fourth-order valence-corrected chi connectivity index (χ4v) is 1.33. The average molecular weight is 181 g/mol. The summed E-state index contributed by atoms with van der Waals surface area (Å²) in [6.07, 6.45) is 5.98. The smallest absolute Gasteiger partial charge is 0.109 e. The lowest BCUT2D eigenvalue weighted by Crippen LogP contribution is -2.13. The molecule has 0 aromatic carbocycles. The second-order valence-electron chi connectivity index (χ2n) is 3.55. The summed E-state index contributed by atoms with van der Waals surface area (Å²) in [5.74, 6) is 1.83. The monoisotopic (exact) mass is 181 g/mol. The SMILES string of the molecule is CCC(C)Cn1ccnc1CCN. The van der Waals surface area contributed by atoms with Crippen LogP contribution in [0.1, 0.15) is 26.1 Å². The van der Waals surface area contributed by atoms with Crippen LogP contribution in [-0.4, -0.2) is 16.1 Å². The standard InChI is InChI=1S/C10H19N3/c1-3-9(2)8-13-7-6-12-10(13)4-5-11/h6-7,9H,3-5,8,11H2,1-2H3. The molecule has 3 heteroatoms. The molecule has 13 heavy (non-hydrogen) atoms. The highest BCUT2D eigenvalue weighted by atomic mass is 15.1. The van der Waals surface area contributed by atoms with E-state index >= 15 is 0 Å². The van der Waals surface area contributed by atoms with Gasteiger partial charge in [-0.05, 0) is 12.5 Å². The normalized spacial score (nSPS) is 13.2. The van der Waals surface area contributed by atoms with Gasteiger partial charge in [0.15, 0.2) is 0 Å². The van der Waals surface area contributed by atoms with Gasteiger partial charge < -0.3 is 10.3 Å². The van der Waals surface area contributed by atoms with Crippen molar-refractivity contribution in [3.63, 3.8) is 0 Å². The number of nitrogens with zero attached hydrogens (tertiary/aromatic N) is 2. The third-order valence-corrected chi connectivity index (χ3v) is 2.37. The second-order valence-corrected chi connectivity index (χ2v) is 3.55. The van der Waals surface area contributed by atoms with E-state index in [1.807, 2.05) is 12.4 Å². The Bertz CT molecular complexity index is 242. The lowest BCUT2D eigenvalue weighted by atomic mass is 10.1. The van der Waals surface area contributed by atoms with E-state index in [0.29, 0.717) is 12.5 Å². The maximum Gasteiger partial charge on any atom is 0.109 e. The predicted octanol–water partition coefficient (Wildman–Crippen LogP) is 1.43. The molecule has 1 rings (SSSR count). The Balaban J connectivity index is 2.59. The summed E-state index contributed by atoms with van der Waals surface area (Å²) < 4.78 is 2.21. The summed E-state index contributed by atoms with van der Waals surface area (Å²) in [7, 11) is 0. The highest BCUT2D eigenvalue weighted by molar-refractivity contribution is 4.93. The van der Waals surface area contributed by atoms with Crippen LogP contribution in [0.2, 0.25) is 0 Å². The van der Waals surface area contributed by atoms with Crippen LogP contribution in [0.3, 0.4) is 0 Å². The number of imidazole rings is 1. The molecule has 0 aliphatic heterocycles. The van der Waals surface area contributed by atoms with Crippen LogP contribution in [0.15, 0.2) is 12.4 Å². The molecule has 74 valence electrons. The maximum atomic E-state index is 5.50. The van der Waals surface area contributed by atoms with E-state index in [4.69, 9.17) is 5.73 Å². The maximum absolute atomic E-state index is 5.50. The van der Waals surface area contributed by atoms with Gasteiger partial charge in [-0.3, -0.25) is 0 Å². The van der Waals surface area contributed by atoms with Crippen molar-refractivity contribution >= 4 is 0 Å². The molecule has 0 saturated carbocycles. The van der Waals surface area contributed by atoms with Crippen LogP contribution < -0.4 is 5.73 Å². The van der Waals surface area contributed by atoms with Crippen LogP contribution in [0.25, 0.3) is 0 Å². The molecular weight excluding hydrogens is 162 g/mol. The number of nitrogens with two attached hydrogens (primary N) is 1. The topological polar surface area (TPSA) is 43.8 Å².